The Morgan fingerprint density at radius 1 is 1.44 bits per heavy atom. The largest absolute Gasteiger partial charge is 0.351 e. The quantitative estimate of drug-likeness (QED) is 0.849. The molecular formula is C17H23N7O. The Bertz CT molecular complexity index is 785. The van der Waals surface area contributed by atoms with Crippen LogP contribution in [0.25, 0.3) is 0 Å². The first-order chi connectivity index (χ1) is 12.2. The number of rotatable bonds is 3. The second kappa shape index (κ2) is 6.87. The van der Waals surface area contributed by atoms with E-state index < -0.39 is 0 Å². The number of carbonyl (C=O) groups excluding carboxylic acids is 1. The number of fused-ring (bicyclic) bond motifs is 2. The predicted octanol–water partition coefficient (Wildman–Crippen LogP) is 0.606. The first-order valence-corrected chi connectivity index (χ1v) is 8.94. The number of nitrogens with zero attached hydrogens (tertiary/aromatic N) is 5. The lowest BCUT2D eigenvalue weighted by atomic mass is 9.95. The Morgan fingerprint density at radius 3 is 3.28 bits per heavy atom. The summed E-state index contributed by atoms with van der Waals surface area (Å²) in [5.74, 6) is 0.417. The lowest BCUT2D eigenvalue weighted by molar-refractivity contribution is -0.123. The fourth-order valence-corrected chi connectivity index (χ4v) is 3.78. The van der Waals surface area contributed by atoms with Gasteiger partial charge in [-0.3, -0.25) is 9.78 Å². The van der Waals surface area contributed by atoms with E-state index in [1.54, 1.807) is 4.68 Å². The van der Waals surface area contributed by atoms with Gasteiger partial charge in [-0.1, -0.05) is 6.42 Å². The van der Waals surface area contributed by atoms with Crippen molar-refractivity contribution in [2.75, 3.05) is 6.54 Å². The highest BCUT2D eigenvalue weighted by molar-refractivity contribution is 5.82. The molecule has 0 radical (unpaired) electrons. The minimum absolute atomic E-state index is 0.00360. The van der Waals surface area contributed by atoms with Crippen LogP contribution in [0.2, 0.25) is 0 Å². The number of nitrogens with one attached hydrogen (secondary N) is 2. The summed E-state index contributed by atoms with van der Waals surface area (Å²) in [7, 11) is 0. The van der Waals surface area contributed by atoms with Crippen LogP contribution in [-0.4, -0.2) is 37.6 Å². The molecule has 0 bridgehead atoms. The molecule has 8 heteroatoms. The Balaban J connectivity index is 1.52. The number of aryl methyl sites for hydroxylation is 2. The van der Waals surface area contributed by atoms with Crippen molar-refractivity contribution in [3.8, 4) is 0 Å². The van der Waals surface area contributed by atoms with Gasteiger partial charge < -0.3 is 10.6 Å². The van der Waals surface area contributed by atoms with E-state index in [-0.39, 0.29) is 11.8 Å². The summed E-state index contributed by atoms with van der Waals surface area (Å²) >= 11 is 0. The first kappa shape index (κ1) is 16.1. The summed E-state index contributed by atoms with van der Waals surface area (Å²) in [5, 5.41) is 18.3. The molecule has 0 saturated heterocycles. The molecule has 2 aromatic rings. The highest BCUT2D eigenvalue weighted by atomic mass is 16.1. The van der Waals surface area contributed by atoms with Crippen LogP contribution in [0.5, 0.6) is 0 Å². The maximum absolute atomic E-state index is 12.8. The van der Waals surface area contributed by atoms with Crippen molar-refractivity contribution in [1.82, 2.24) is 35.8 Å². The zero-order valence-corrected chi connectivity index (χ0v) is 14.5. The summed E-state index contributed by atoms with van der Waals surface area (Å²) in [5.41, 5.74) is 4.71. The number of aromatic nitrogens is 5. The average molecular weight is 341 g/mol. The number of pyridine rings is 1. The molecular weight excluding hydrogens is 318 g/mol. The van der Waals surface area contributed by atoms with Crippen molar-refractivity contribution in [3.05, 3.63) is 34.4 Å². The smallest absolute Gasteiger partial charge is 0.231 e. The van der Waals surface area contributed by atoms with E-state index in [1.807, 2.05) is 13.1 Å². The molecule has 25 heavy (non-hydrogen) atoms. The molecule has 4 rings (SSSR count). The number of tetrazole rings is 1. The second-order valence-corrected chi connectivity index (χ2v) is 6.78. The third kappa shape index (κ3) is 3.13. The Hall–Kier alpha value is -2.35. The SMILES string of the molecule is Cc1ncc2c(c1CNC(=O)[C@H]1CCCCn3nnnc31)CCNC2. The van der Waals surface area contributed by atoms with Crippen LogP contribution in [-0.2, 0) is 30.8 Å². The molecule has 2 aliphatic rings. The van der Waals surface area contributed by atoms with E-state index in [2.05, 4.69) is 31.1 Å². The predicted molar refractivity (Wildman–Crippen MR) is 90.6 cm³/mol. The van der Waals surface area contributed by atoms with Crippen LogP contribution in [0.3, 0.4) is 0 Å². The van der Waals surface area contributed by atoms with Gasteiger partial charge in [-0.25, -0.2) is 4.68 Å². The summed E-state index contributed by atoms with van der Waals surface area (Å²) in [6, 6.07) is 0. The van der Waals surface area contributed by atoms with Gasteiger partial charge in [0.25, 0.3) is 0 Å². The molecule has 0 spiro atoms. The molecule has 2 N–H and O–H groups in total. The highest BCUT2D eigenvalue weighted by Crippen LogP contribution is 2.25. The van der Waals surface area contributed by atoms with Crippen LogP contribution in [0.4, 0.5) is 0 Å². The molecule has 8 nitrogen and oxygen atoms in total. The van der Waals surface area contributed by atoms with Gasteiger partial charge in [-0.15, -0.1) is 5.10 Å². The summed E-state index contributed by atoms with van der Waals surface area (Å²) in [6.07, 6.45) is 5.72. The third-order valence-electron chi connectivity index (χ3n) is 5.21. The van der Waals surface area contributed by atoms with E-state index in [0.717, 1.165) is 56.6 Å². The summed E-state index contributed by atoms with van der Waals surface area (Å²) in [4.78, 5) is 17.3. The molecule has 0 unspecified atom stereocenters. The molecule has 2 aliphatic heterocycles. The molecule has 0 aliphatic carbocycles. The van der Waals surface area contributed by atoms with Gasteiger partial charge in [-0.05, 0) is 59.8 Å². The second-order valence-electron chi connectivity index (χ2n) is 6.78. The summed E-state index contributed by atoms with van der Waals surface area (Å²) < 4.78 is 1.76. The van der Waals surface area contributed by atoms with Crippen LogP contribution >= 0.6 is 0 Å². The number of amides is 1. The minimum Gasteiger partial charge on any atom is -0.351 e. The van der Waals surface area contributed by atoms with E-state index in [4.69, 9.17) is 0 Å². The minimum atomic E-state index is -0.271. The van der Waals surface area contributed by atoms with E-state index >= 15 is 0 Å². The maximum Gasteiger partial charge on any atom is 0.231 e. The molecule has 0 fully saturated rings. The third-order valence-corrected chi connectivity index (χ3v) is 5.21. The zero-order chi connectivity index (χ0) is 17.2. The Morgan fingerprint density at radius 2 is 2.36 bits per heavy atom. The fourth-order valence-electron chi connectivity index (χ4n) is 3.78. The van der Waals surface area contributed by atoms with Gasteiger partial charge in [0.1, 0.15) is 0 Å². The number of hydrogen-bond acceptors (Lipinski definition) is 6. The van der Waals surface area contributed by atoms with Crippen LogP contribution in [0, 0.1) is 6.92 Å². The highest BCUT2D eigenvalue weighted by Gasteiger charge is 2.28. The Labute approximate surface area is 146 Å². The lowest BCUT2D eigenvalue weighted by Crippen LogP contribution is -2.32. The van der Waals surface area contributed by atoms with Crippen molar-refractivity contribution in [1.29, 1.82) is 0 Å². The molecule has 4 heterocycles. The van der Waals surface area contributed by atoms with Crippen LogP contribution in [0.1, 0.15) is 53.4 Å². The Kier molecular flexibility index (Phi) is 4.44. The molecule has 2 aromatic heterocycles. The molecule has 1 amide bonds. The molecule has 1 atom stereocenters. The van der Waals surface area contributed by atoms with Crippen molar-refractivity contribution >= 4 is 5.91 Å². The van der Waals surface area contributed by atoms with Gasteiger partial charge in [-0.2, -0.15) is 0 Å². The van der Waals surface area contributed by atoms with E-state index in [9.17, 15) is 4.79 Å². The van der Waals surface area contributed by atoms with Crippen LogP contribution in [0.15, 0.2) is 6.20 Å². The van der Waals surface area contributed by atoms with Crippen molar-refractivity contribution in [3.63, 3.8) is 0 Å². The number of hydrogen-bond donors (Lipinski definition) is 2. The number of carbonyl (C=O) groups is 1. The first-order valence-electron chi connectivity index (χ1n) is 8.94. The van der Waals surface area contributed by atoms with Crippen molar-refractivity contribution < 1.29 is 4.79 Å². The van der Waals surface area contributed by atoms with E-state index in [0.29, 0.717) is 12.4 Å². The molecule has 132 valence electrons. The standard InChI is InChI=1S/C17H23N7O/c1-11-15(13-5-6-18-8-12(13)9-19-11)10-20-17(25)14-4-2-3-7-24-16(14)21-22-23-24/h9,14,18H,2-8,10H2,1H3,(H,20,25)/t14-/m0/s1. The zero-order valence-electron chi connectivity index (χ0n) is 14.5. The topological polar surface area (TPSA) is 97.6 Å². The lowest BCUT2D eigenvalue weighted by Gasteiger charge is -2.22. The van der Waals surface area contributed by atoms with Gasteiger partial charge >= 0.3 is 0 Å². The maximum atomic E-state index is 12.8. The monoisotopic (exact) mass is 341 g/mol. The fraction of sp³-hybridized carbons (Fsp3) is 0.588. The van der Waals surface area contributed by atoms with Gasteiger partial charge in [0.15, 0.2) is 5.82 Å². The normalized spacial score (nSPS) is 19.6. The van der Waals surface area contributed by atoms with Gasteiger partial charge in [0.2, 0.25) is 5.91 Å². The van der Waals surface area contributed by atoms with Gasteiger partial charge in [0, 0.05) is 31.5 Å². The molecule has 0 saturated carbocycles. The molecule has 0 aromatic carbocycles. The van der Waals surface area contributed by atoms with Crippen LogP contribution < -0.4 is 10.6 Å². The van der Waals surface area contributed by atoms with Gasteiger partial charge in [0.05, 0.1) is 5.92 Å². The average Bonchev–Trinajstić information content (AvgIpc) is 3.00. The van der Waals surface area contributed by atoms with Crippen molar-refractivity contribution in [2.24, 2.45) is 0 Å². The summed E-state index contributed by atoms with van der Waals surface area (Å²) in [6.45, 7) is 5.12. The van der Waals surface area contributed by atoms with E-state index in [1.165, 1.54) is 11.1 Å². The van der Waals surface area contributed by atoms with Crippen molar-refractivity contribution in [2.45, 2.75) is 58.2 Å².